The molecular weight excluding hydrogens is 278 g/mol. The smallest absolute Gasteiger partial charge is 0.0474 e. The first-order chi connectivity index (χ1) is 9.99. The van der Waals surface area contributed by atoms with Gasteiger partial charge in [-0.05, 0) is 27.7 Å². The summed E-state index contributed by atoms with van der Waals surface area (Å²) in [5.74, 6) is 0.577. The van der Waals surface area contributed by atoms with Crippen LogP contribution in [-0.2, 0) is 24.4 Å². The SMILES string of the molecule is CC(C)(C)c1ccc(CNCc2ccc(CCl)cc2)cc1. The van der Waals surface area contributed by atoms with Crippen molar-refractivity contribution in [3.05, 3.63) is 70.8 Å². The number of hydrogen-bond donors (Lipinski definition) is 1. The van der Waals surface area contributed by atoms with Gasteiger partial charge in [-0.2, -0.15) is 0 Å². The summed E-state index contributed by atoms with van der Waals surface area (Å²) in [6.45, 7) is 8.49. The minimum atomic E-state index is 0.218. The molecule has 0 amide bonds. The molecule has 112 valence electrons. The van der Waals surface area contributed by atoms with E-state index < -0.39 is 0 Å². The van der Waals surface area contributed by atoms with Crippen molar-refractivity contribution < 1.29 is 0 Å². The molecule has 2 rings (SSSR count). The molecule has 0 heterocycles. The average Bonchev–Trinajstić information content (AvgIpc) is 2.47. The maximum absolute atomic E-state index is 5.79. The van der Waals surface area contributed by atoms with Crippen molar-refractivity contribution in [3.8, 4) is 0 Å². The molecule has 0 aliphatic rings. The molecule has 2 aromatic carbocycles. The molecule has 0 spiro atoms. The van der Waals surface area contributed by atoms with E-state index in [1.165, 1.54) is 16.7 Å². The molecule has 0 fully saturated rings. The van der Waals surface area contributed by atoms with Crippen molar-refractivity contribution in [3.63, 3.8) is 0 Å². The first kappa shape index (κ1) is 16.1. The Labute approximate surface area is 133 Å². The predicted molar refractivity (Wildman–Crippen MR) is 91.7 cm³/mol. The van der Waals surface area contributed by atoms with Crippen molar-refractivity contribution in [2.75, 3.05) is 0 Å². The zero-order chi connectivity index (χ0) is 15.3. The summed E-state index contributed by atoms with van der Waals surface area (Å²) in [7, 11) is 0. The van der Waals surface area contributed by atoms with Gasteiger partial charge in [0.05, 0.1) is 0 Å². The molecule has 0 unspecified atom stereocenters. The van der Waals surface area contributed by atoms with E-state index in [0.717, 1.165) is 18.7 Å². The summed E-state index contributed by atoms with van der Waals surface area (Å²) in [4.78, 5) is 0. The molecule has 0 aliphatic carbocycles. The van der Waals surface area contributed by atoms with Crippen LogP contribution < -0.4 is 5.32 Å². The first-order valence-corrected chi connectivity index (χ1v) is 7.96. The van der Waals surface area contributed by atoms with Gasteiger partial charge in [0.15, 0.2) is 0 Å². The Balaban J connectivity index is 1.85. The van der Waals surface area contributed by atoms with Gasteiger partial charge in [0.1, 0.15) is 0 Å². The Hall–Kier alpha value is -1.31. The molecule has 0 saturated carbocycles. The minimum absolute atomic E-state index is 0.218. The van der Waals surface area contributed by atoms with Crippen LogP contribution in [0.3, 0.4) is 0 Å². The van der Waals surface area contributed by atoms with E-state index in [0.29, 0.717) is 5.88 Å². The average molecular weight is 302 g/mol. The second kappa shape index (κ2) is 7.11. The molecule has 21 heavy (non-hydrogen) atoms. The summed E-state index contributed by atoms with van der Waals surface area (Å²) in [5, 5.41) is 3.48. The van der Waals surface area contributed by atoms with E-state index in [9.17, 15) is 0 Å². The maximum Gasteiger partial charge on any atom is 0.0474 e. The third-order valence-corrected chi connectivity index (χ3v) is 3.96. The van der Waals surface area contributed by atoms with Crippen molar-refractivity contribution >= 4 is 11.6 Å². The van der Waals surface area contributed by atoms with Gasteiger partial charge in [-0.1, -0.05) is 69.3 Å². The summed E-state index contributed by atoms with van der Waals surface area (Å²) in [5.41, 5.74) is 5.37. The summed E-state index contributed by atoms with van der Waals surface area (Å²) in [6.07, 6.45) is 0. The van der Waals surface area contributed by atoms with Gasteiger partial charge < -0.3 is 5.32 Å². The Kier molecular flexibility index (Phi) is 5.44. The summed E-state index contributed by atoms with van der Waals surface area (Å²) < 4.78 is 0. The molecule has 2 heteroatoms. The molecule has 0 atom stereocenters. The van der Waals surface area contributed by atoms with Crippen LogP contribution in [0.25, 0.3) is 0 Å². The number of hydrogen-bond acceptors (Lipinski definition) is 1. The second-order valence-corrected chi connectivity index (χ2v) is 6.77. The van der Waals surface area contributed by atoms with E-state index >= 15 is 0 Å². The molecule has 0 bridgehead atoms. The highest BCUT2D eigenvalue weighted by atomic mass is 35.5. The monoisotopic (exact) mass is 301 g/mol. The Morgan fingerprint density at radius 2 is 1.19 bits per heavy atom. The lowest BCUT2D eigenvalue weighted by Crippen LogP contribution is -2.14. The van der Waals surface area contributed by atoms with Gasteiger partial charge in [-0.15, -0.1) is 11.6 Å². The van der Waals surface area contributed by atoms with Crippen LogP contribution in [0.4, 0.5) is 0 Å². The van der Waals surface area contributed by atoms with Crippen LogP contribution in [0.2, 0.25) is 0 Å². The van der Waals surface area contributed by atoms with E-state index in [-0.39, 0.29) is 5.41 Å². The summed E-state index contributed by atoms with van der Waals surface area (Å²) >= 11 is 5.79. The number of benzene rings is 2. The Bertz CT molecular complexity index is 550. The first-order valence-electron chi connectivity index (χ1n) is 7.43. The maximum atomic E-state index is 5.79. The topological polar surface area (TPSA) is 12.0 Å². The van der Waals surface area contributed by atoms with E-state index in [1.807, 2.05) is 0 Å². The molecular formula is C19H24ClN. The normalized spacial score (nSPS) is 11.6. The second-order valence-electron chi connectivity index (χ2n) is 6.50. The fourth-order valence-corrected chi connectivity index (χ4v) is 2.40. The van der Waals surface area contributed by atoms with Gasteiger partial charge in [-0.25, -0.2) is 0 Å². The third kappa shape index (κ3) is 4.87. The zero-order valence-electron chi connectivity index (χ0n) is 13.1. The minimum Gasteiger partial charge on any atom is -0.309 e. The van der Waals surface area contributed by atoms with E-state index in [1.54, 1.807) is 0 Å². The van der Waals surface area contributed by atoms with Gasteiger partial charge >= 0.3 is 0 Å². The lowest BCUT2D eigenvalue weighted by Gasteiger charge is -2.19. The summed E-state index contributed by atoms with van der Waals surface area (Å²) in [6, 6.07) is 17.3. The predicted octanol–water partition coefficient (Wildman–Crippen LogP) is 5.01. The van der Waals surface area contributed by atoms with Gasteiger partial charge in [0.25, 0.3) is 0 Å². The van der Waals surface area contributed by atoms with Crippen LogP contribution in [0.1, 0.15) is 43.0 Å². The molecule has 0 aliphatic heterocycles. The molecule has 0 radical (unpaired) electrons. The molecule has 1 nitrogen and oxygen atoms in total. The molecule has 2 aromatic rings. The third-order valence-electron chi connectivity index (χ3n) is 3.66. The van der Waals surface area contributed by atoms with Gasteiger partial charge in [0.2, 0.25) is 0 Å². The largest absolute Gasteiger partial charge is 0.309 e. The highest BCUT2D eigenvalue weighted by Gasteiger charge is 2.12. The Morgan fingerprint density at radius 1 is 0.762 bits per heavy atom. The fraction of sp³-hybridized carbons (Fsp3) is 0.368. The van der Waals surface area contributed by atoms with Crippen molar-refractivity contribution in [2.45, 2.75) is 45.2 Å². The van der Waals surface area contributed by atoms with Crippen molar-refractivity contribution in [2.24, 2.45) is 0 Å². The molecule has 0 saturated heterocycles. The van der Waals surface area contributed by atoms with Gasteiger partial charge in [-0.3, -0.25) is 0 Å². The highest BCUT2D eigenvalue weighted by molar-refractivity contribution is 6.17. The number of nitrogens with one attached hydrogen (secondary N) is 1. The van der Waals surface area contributed by atoms with Crippen LogP contribution in [-0.4, -0.2) is 0 Å². The number of halogens is 1. The van der Waals surface area contributed by atoms with Crippen LogP contribution in [0.5, 0.6) is 0 Å². The van der Waals surface area contributed by atoms with Crippen LogP contribution >= 0.6 is 11.6 Å². The lowest BCUT2D eigenvalue weighted by molar-refractivity contribution is 0.589. The van der Waals surface area contributed by atoms with E-state index in [4.69, 9.17) is 11.6 Å². The number of rotatable bonds is 5. The number of alkyl halides is 1. The standard InChI is InChI=1S/C19H24ClN/c1-19(2,3)18-10-8-17(9-11-18)14-21-13-16-6-4-15(12-20)5-7-16/h4-11,21H,12-14H2,1-3H3. The highest BCUT2D eigenvalue weighted by Crippen LogP contribution is 2.22. The molecule has 0 aromatic heterocycles. The van der Waals surface area contributed by atoms with Crippen LogP contribution in [0, 0.1) is 0 Å². The van der Waals surface area contributed by atoms with Crippen LogP contribution in [0.15, 0.2) is 48.5 Å². The lowest BCUT2D eigenvalue weighted by atomic mass is 9.87. The zero-order valence-corrected chi connectivity index (χ0v) is 13.9. The quantitative estimate of drug-likeness (QED) is 0.765. The van der Waals surface area contributed by atoms with Gasteiger partial charge in [0, 0.05) is 19.0 Å². The Morgan fingerprint density at radius 3 is 1.62 bits per heavy atom. The van der Waals surface area contributed by atoms with Crippen molar-refractivity contribution in [1.82, 2.24) is 5.32 Å². The van der Waals surface area contributed by atoms with E-state index in [2.05, 4.69) is 74.6 Å². The molecule has 1 N–H and O–H groups in total. The van der Waals surface area contributed by atoms with Crippen molar-refractivity contribution in [1.29, 1.82) is 0 Å². The fourth-order valence-electron chi connectivity index (χ4n) is 2.22.